The fraction of sp³-hybridized carbons (Fsp3) is 0.167. The van der Waals surface area contributed by atoms with Gasteiger partial charge in [0.05, 0.1) is 12.0 Å². The number of ether oxygens (including phenoxy) is 1. The molecule has 1 aromatic rings. The van der Waals surface area contributed by atoms with Crippen molar-refractivity contribution in [2.24, 2.45) is 0 Å². The van der Waals surface area contributed by atoms with Crippen LogP contribution in [-0.2, 0) is 19.4 Å². The number of aliphatic hydroxyl groups excluding tert-OH is 1. The maximum atomic E-state index is 11.6. The van der Waals surface area contributed by atoms with Gasteiger partial charge in [-0.3, -0.25) is 4.79 Å². The molecular weight excluding hydrogens is 272 g/mol. The van der Waals surface area contributed by atoms with Gasteiger partial charge in [-0.1, -0.05) is 0 Å². The van der Waals surface area contributed by atoms with Gasteiger partial charge in [-0.25, -0.2) is 13.2 Å². The Labute approximate surface area is 110 Å². The standard InChI is InChI=1S/C12H12O6S/c1-18-12(15)11(14)7-10(13)8-3-5-9(6-4-8)19(2,16)17/h3-7,14H,1-2H3/b11-7-. The highest BCUT2D eigenvalue weighted by atomic mass is 32.2. The van der Waals surface area contributed by atoms with Crippen LogP contribution in [-0.4, -0.2) is 38.6 Å². The quantitative estimate of drug-likeness (QED) is 0.381. The van der Waals surface area contributed by atoms with E-state index in [2.05, 4.69) is 4.74 Å². The van der Waals surface area contributed by atoms with E-state index in [0.717, 1.165) is 13.4 Å². The normalized spacial score (nSPS) is 12.0. The van der Waals surface area contributed by atoms with E-state index in [4.69, 9.17) is 0 Å². The van der Waals surface area contributed by atoms with Gasteiger partial charge < -0.3 is 9.84 Å². The van der Waals surface area contributed by atoms with Gasteiger partial charge in [-0.15, -0.1) is 0 Å². The third-order valence-electron chi connectivity index (χ3n) is 2.23. The number of esters is 1. The van der Waals surface area contributed by atoms with Crippen LogP contribution in [0.2, 0.25) is 0 Å². The lowest BCUT2D eigenvalue weighted by atomic mass is 10.1. The van der Waals surface area contributed by atoms with Crippen LogP contribution in [0.3, 0.4) is 0 Å². The second-order valence-corrected chi connectivity index (χ2v) is 5.70. The molecule has 1 rings (SSSR count). The Hall–Kier alpha value is -2.15. The first-order valence-corrected chi connectivity index (χ1v) is 6.98. The van der Waals surface area contributed by atoms with Crippen molar-refractivity contribution in [1.82, 2.24) is 0 Å². The minimum atomic E-state index is -3.34. The summed E-state index contributed by atoms with van der Waals surface area (Å²) in [5.74, 6) is -2.48. The summed E-state index contributed by atoms with van der Waals surface area (Å²) in [5.41, 5.74) is 0.142. The van der Waals surface area contributed by atoms with Gasteiger partial charge in [-0.05, 0) is 24.3 Å². The van der Waals surface area contributed by atoms with E-state index >= 15 is 0 Å². The maximum absolute atomic E-state index is 11.6. The van der Waals surface area contributed by atoms with Crippen molar-refractivity contribution in [3.8, 4) is 0 Å². The van der Waals surface area contributed by atoms with Crippen LogP contribution in [0.15, 0.2) is 41.0 Å². The van der Waals surface area contributed by atoms with E-state index in [9.17, 15) is 23.1 Å². The summed E-state index contributed by atoms with van der Waals surface area (Å²) in [6.07, 6.45) is 1.76. The molecule has 0 bridgehead atoms. The van der Waals surface area contributed by atoms with E-state index in [0.29, 0.717) is 6.08 Å². The molecule has 0 heterocycles. The van der Waals surface area contributed by atoms with Gasteiger partial charge in [0.2, 0.25) is 5.76 Å². The van der Waals surface area contributed by atoms with Crippen molar-refractivity contribution in [1.29, 1.82) is 0 Å². The molecule has 1 aromatic carbocycles. The maximum Gasteiger partial charge on any atom is 0.373 e. The minimum Gasteiger partial charge on any atom is -0.502 e. The number of ketones is 1. The fourth-order valence-electron chi connectivity index (χ4n) is 1.24. The number of carbonyl (C=O) groups is 2. The zero-order chi connectivity index (χ0) is 14.6. The molecule has 0 saturated carbocycles. The molecule has 0 aliphatic carbocycles. The van der Waals surface area contributed by atoms with Crippen molar-refractivity contribution in [2.45, 2.75) is 4.90 Å². The van der Waals surface area contributed by atoms with Crippen molar-refractivity contribution >= 4 is 21.6 Å². The Bertz CT molecular complexity index is 625. The van der Waals surface area contributed by atoms with Gasteiger partial charge >= 0.3 is 5.97 Å². The number of sulfone groups is 1. The second kappa shape index (κ2) is 5.66. The van der Waals surface area contributed by atoms with Crippen molar-refractivity contribution in [3.05, 3.63) is 41.7 Å². The lowest BCUT2D eigenvalue weighted by Gasteiger charge is -2.00. The summed E-state index contributed by atoms with van der Waals surface area (Å²) in [5, 5.41) is 9.20. The van der Waals surface area contributed by atoms with Crippen LogP contribution in [0.4, 0.5) is 0 Å². The second-order valence-electron chi connectivity index (χ2n) is 3.68. The lowest BCUT2D eigenvalue weighted by Crippen LogP contribution is -2.07. The smallest absolute Gasteiger partial charge is 0.373 e. The average molecular weight is 284 g/mol. The lowest BCUT2D eigenvalue weighted by molar-refractivity contribution is -0.139. The molecule has 19 heavy (non-hydrogen) atoms. The van der Waals surface area contributed by atoms with Crippen LogP contribution in [0.5, 0.6) is 0 Å². The monoisotopic (exact) mass is 284 g/mol. The van der Waals surface area contributed by atoms with Gasteiger partial charge in [0.25, 0.3) is 0 Å². The van der Waals surface area contributed by atoms with Gasteiger partial charge in [-0.2, -0.15) is 0 Å². The number of aliphatic hydroxyl groups is 1. The Morgan fingerprint density at radius 3 is 2.16 bits per heavy atom. The highest BCUT2D eigenvalue weighted by Gasteiger charge is 2.12. The fourth-order valence-corrected chi connectivity index (χ4v) is 1.87. The number of hydrogen-bond donors (Lipinski definition) is 1. The zero-order valence-electron chi connectivity index (χ0n) is 10.3. The number of methoxy groups -OCH3 is 1. The molecule has 102 valence electrons. The molecule has 0 amide bonds. The summed E-state index contributed by atoms with van der Waals surface area (Å²) in [6, 6.07) is 5.12. The number of hydrogen-bond acceptors (Lipinski definition) is 6. The van der Waals surface area contributed by atoms with E-state index in [1.165, 1.54) is 24.3 Å². The third kappa shape index (κ3) is 3.92. The van der Waals surface area contributed by atoms with E-state index in [-0.39, 0.29) is 10.5 Å². The third-order valence-corrected chi connectivity index (χ3v) is 3.36. The van der Waals surface area contributed by atoms with Crippen LogP contribution in [0, 0.1) is 0 Å². The van der Waals surface area contributed by atoms with Crippen molar-refractivity contribution in [3.63, 3.8) is 0 Å². The molecule has 0 spiro atoms. The topological polar surface area (TPSA) is 97.7 Å². The summed E-state index contributed by atoms with van der Waals surface area (Å²) >= 11 is 0. The SMILES string of the molecule is COC(=O)/C(O)=C/C(=O)c1ccc(S(C)(=O)=O)cc1. The largest absolute Gasteiger partial charge is 0.502 e. The highest BCUT2D eigenvalue weighted by molar-refractivity contribution is 7.90. The first kappa shape index (κ1) is 14.9. The number of benzene rings is 1. The Morgan fingerprint density at radius 1 is 1.21 bits per heavy atom. The minimum absolute atomic E-state index is 0.0743. The highest BCUT2D eigenvalue weighted by Crippen LogP contribution is 2.11. The average Bonchev–Trinajstić information content (AvgIpc) is 2.36. The molecule has 0 aliphatic rings. The van der Waals surface area contributed by atoms with Gasteiger partial charge in [0.15, 0.2) is 15.6 Å². The number of allylic oxidation sites excluding steroid dienone is 1. The van der Waals surface area contributed by atoms with E-state index < -0.39 is 27.3 Å². The summed E-state index contributed by atoms with van der Waals surface area (Å²) in [6.45, 7) is 0. The zero-order valence-corrected chi connectivity index (χ0v) is 11.1. The van der Waals surface area contributed by atoms with E-state index in [1.54, 1.807) is 0 Å². The molecule has 0 aromatic heterocycles. The molecule has 7 heteroatoms. The van der Waals surface area contributed by atoms with Crippen LogP contribution in [0.1, 0.15) is 10.4 Å². The molecule has 6 nitrogen and oxygen atoms in total. The van der Waals surface area contributed by atoms with E-state index in [1.807, 2.05) is 0 Å². The van der Waals surface area contributed by atoms with Gasteiger partial charge in [0.1, 0.15) is 0 Å². The van der Waals surface area contributed by atoms with Crippen LogP contribution < -0.4 is 0 Å². The van der Waals surface area contributed by atoms with Crippen molar-refractivity contribution in [2.75, 3.05) is 13.4 Å². The molecular formula is C12H12O6S. The van der Waals surface area contributed by atoms with Crippen molar-refractivity contribution < 1.29 is 27.9 Å². The Balaban J connectivity index is 3.00. The van der Waals surface area contributed by atoms with Crippen LogP contribution >= 0.6 is 0 Å². The predicted octanol–water partition coefficient (Wildman–Crippen LogP) is 0.888. The van der Waals surface area contributed by atoms with Crippen LogP contribution in [0.25, 0.3) is 0 Å². The number of carbonyl (C=O) groups excluding carboxylic acids is 2. The predicted molar refractivity (Wildman–Crippen MR) is 66.6 cm³/mol. The molecule has 0 aliphatic heterocycles. The molecule has 0 fully saturated rings. The molecule has 0 unspecified atom stereocenters. The molecule has 0 atom stereocenters. The molecule has 1 N–H and O–H groups in total. The Kier molecular flexibility index (Phi) is 4.44. The first-order valence-electron chi connectivity index (χ1n) is 5.09. The Morgan fingerprint density at radius 2 is 1.74 bits per heavy atom. The van der Waals surface area contributed by atoms with Gasteiger partial charge in [0, 0.05) is 17.9 Å². The summed E-state index contributed by atoms with van der Waals surface area (Å²) in [4.78, 5) is 22.6. The molecule has 0 saturated heterocycles. The summed E-state index contributed by atoms with van der Waals surface area (Å²) < 4.78 is 26.7. The summed E-state index contributed by atoms with van der Waals surface area (Å²) in [7, 11) is -2.27. The number of rotatable bonds is 4. The first-order chi connectivity index (χ1) is 8.75. The molecule has 0 radical (unpaired) electrons.